The number of nitrogens with zero attached hydrogens (tertiary/aromatic N) is 2. The lowest BCUT2D eigenvalue weighted by atomic mass is 10.4. The van der Waals surface area contributed by atoms with E-state index >= 15 is 0 Å². The number of hydrogen-bond acceptors (Lipinski definition) is 5. The zero-order chi connectivity index (χ0) is 11.0. The molecule has 3 N–H and O–H groups in total. The number of nitroso groups, excluding NO2 is 1. The van der Waals surface area contributed by atoms with Gasteiger partial charge in [0.15, 0.2) is 0 Å². The van der Waals surface area contributed by atoms with Crippen molar-refractivity contribution >= 4 is 17.6 Å². The normalized spacial score (nSPS) is 11.9. The van der Waals surface area contributed by atoms with Gasteiger partial charge in [-0.1, -0.05) is 0 Å². The van der Waals surface area contributed by atoms with Crippen molar-refractivity contribution < 1.29 is 15.0 Å². The number of alkyl halides is 1. The monoisotopic (exact) mass is 225 g/mol. The highest BCUT2D eigenvalue weighted by Crippen LogP contribution is 1.92. The van der Waals surface area contributed by atoms with Crippen molar-refractivity contribution in [3.63, 3.8) is 0 Å². The van der Waals surface area contributed by atoms with Gasteiger partial charge >= 0.3 is 6.03 Å². The van der Waals surface area contributed by atoms with E-state index in [0.717, 1.165) is 0 Å². The summed E-state index contributed by atoms with van der Waals surface area (Å²) in [5, 5.41) is 22.5. The first-order valence-electron chi connectivity index (χ1n) is 3.89. The summed E-state index contributed by atoms with van der Waals surface area (Å²) < 4.78 is 0. The zero-order valence-electron chi connectivity index (χ0n) is 7.39. The molecule has 0 saturated carbocycles. The fraction of sp³-hybridized carbons (Fsp3) is 0.833. The van der Waals surface area contributed by atoms with Gasteiger partial charge in [-0.2, -0.15) is 5.01 Å². The van der Waals surface area contributed by atoms with Gasteiger partial charge in [0.05, 0.1) is 24.5 Å². The van der Waals surface area contributed by atoms with Crippen molar-refractivity contribution in [1.82, 2.24) is 10.3 Å². The molecule has 0 aliphatic carbocycles. The third-order valence-corrected chi connectivity index (χ3v) is 1.50. The van der Waals surface area contributed by atoms with Crippen molar-refractivity contribution in [2.45, 2.75) is 6.10 Å². The number of urea groups is 1. The van der Waals surface area contributed by atoms with Crippen molar-refractivity contribution in [3.8, 4) is 0 Å². The number of rotatable bonds is 6. The third-order valence-electron chi connectivity index (χ3n) is 1.33. The molecule has 1 unspecified atom stereocenters. The van der Waals surface area contributed by atoms with Crippen LogP contribution in [0.3, 0.4) is 0 Å². The summed E-state index contributed by atoms with van der Waals surface area (Å²) >= 11 is 5.30. The molecule has 0 spiro atoms. The molecule has 0 aromatic carbocycles. The predicted octanol–water partition coefficient (Wildman–Crippen LogP) is -0.729. The van der Waals surface area contributed by atoms with Gasteiger partial charge in [-0.3, -0.25) is 0 Å². The highest BCUT2D eigenvalue weighted by Gasteiger charge is 2.13. The molecule has 0 bridgehead atoms. The molecular formula is C6H12ClN3O4. The van der Waals surface area contributed by atoms with Crippen LogP contribution in [0, 0.1) is 4.91 Å². The van der Waals surface area contributed by atoms with E-state index in [1.54, 1.807) is 0 Å². The molecule has 1 atom stereocenters. The van der Waals surface area contributed by atoms with E-state index in [1.165, 1.54) is 0 Å². The van der Waals surface area contributed by atoms with Crippen molar-refractivity contribution in [2.75, 3.05) is 25.6 Å². The van der Waals surface area contributed by atoms with E-state index in [9.17, 15) is 9.70 Å². The number of aliphatic hydroxyl groups excluding tert-OH is 2. The van der Waals surface area contributed by atoms with Crippen LogP contribution in [0.5, 0.6) is 0 Å². The Morgan fingerprint density at radius 1 is 1.64 bits per heavy atom. The molecule has 0 aromatic heterocycles. The minimum Gasteiger partial charge on any atom is -0.394 e. The number of carbonyl (C=O) groups excluding carboxylic acids is 1. The molecule has 0 radical (unpaired) electrons. The predicted molar refractivity (Wildman–Crippen MR) is 49.7 cm³/mol. The number of carbonyl (C=O) groups is 1. The minimum atomic E-state index is -1.05. The van der Waals surface area contributed by atoms with Crippen LogP contribution in [0.2, 0.25) is 0 Å². The average molecular weight is 226 g/mol. The Balaban J connectivity index is 3.86. The molecule has 7 nitrogen and oxygen atoms in total. The molecule has 0 fully saturated rings. The highest BCUT2D eigenvalue weighted by atomic mass is 35.5. The Bertz CT molecular complexity index is 192. The van der Waals surface area contributed by atoms with Gasteiger partial charge in [-0.15, -0.1) is 16.5 Å². The van der Waals surface area contributed by atoms with Crippen LogP contribution in [0.15, 0.2) is 5.29 Å². The molecule has 2 amide bonds. The maximum absolute atomic E-state index is 11.1. The lowest BCUT2D eigenvalue weighted by Crippen LogP contribution is -2.41. The highest BCUT2D eigenvalue weighted by molar-refractivity contribution is 6.18. The summed E-state index contributed by atoms with van der Waals surface area (Å²) in [6, 6.07) is -0.756. The molecule has 8 heteroatoms. The van der Waals surface area contributed by atoms with Crippen LogP contribution in [0.4, 0.5) is 4.79 Å². The van der Waals surface area contributed by atoms with Crippen molar-refractivity contribution in [1.29, 1.82) is 0 Å². The maximum atomic E-state index is 11.1. The van der Waals surface area contributed by atoms with Gasteiger partial charge in [0, 0.05) is 12.4 Å². The molecule has 0 rings (SSSR count). The van der Waals surface area contributed by atoms with Crippen LogP contribution < -0.4 is 5.32 Å². The molecule has 0 heterocycles. The number of nitrogens with one attached hydrogen (secondary N) is 1. The average Bonchev–Trinajstić information content (AvgIpc) is 2.21. The first-order chi connectivity index (χ1) is 6.65. The molecule has 82 valence electrons. The summed E-state index contributed by atoms with van der Waals surface area (Å²) in [7, 11) is 0. The van der Waals surface area contributed by atoms with Crippen LogP contribution >= 0.6 is 11.6 Å². The molecule has 0 saturated heterocycles. The van der Waals surface area contributed by atoms with E-state index < -0.39 is 18.7 Å². The largest absolute Gasteiger partial charge is 0.394 e. The second-order valence-corrected chi connectivity index (χ2v) is 2.79. The zero-order valence-corrected chi connectivity index (χ0v) is 8.15. The summed E-state index contributed by atoms with van der Waals surface area (Å²) in [6.07, 6.45) is -1.05. The number of amides is 2. The van der Waals surface area contributed by atoms with Crippen LogP contribution in [0.1, 0.15) is 0 Å². The van der Waals surface area contributed by atoms with Crippen LogP contribution in [-0.4, -0.2) is 52.9 Å². The molecular weight excluding hydrogens is 214 g/mol. The van der Waals surface area contributed by atoms with Crippen molar-refractivity contribution in [3.05, 3.63) is 4.91 Å². The Kier molecular flexibility index (Phi) is 6.99. The van der Waals surface area contributed by atoms with Crippen LogP contribution in [0.25, 0.3) is 0 Å². The number of hydrogen-bond donors (Lipinski definition) is 3. The molecule has 14 heavy (non-hydrogen) atoms. The topological polar surface area (TPSA) is 102 Å². The SMILES string of the molecule is O=NN(CCCl)C(=O)NCC(O)CO. The maximum Gasteiger partial charge on any atom is 0.340 e. The Morgan fingerprint density at radius 2 is 2.29 bits per heavy atom. The van der Waals surface area contributed by atoms with Gasteiger partial charge in [0.2, 0.25) is 0 Å². The lowest BCUT2D eigenvalue weighted by Gasteiger charge is -2.14. The second kappa shape index (κ2) is 7.48. The van der Waals surface area contributed by atoms with Gasteiger partial charge < -0.3 is 15.5 Å². The second-order valence-electron chi connectivity index (χ2n) is 2.42. The Morgan fingerprint density at radius 3 is 2.71 bits per heavy atom. The fourth-order valence-electron chi connectivity index (χ4n) is 0.620. The summed E-state index contributed by atoms with van der Waals surface area (Å²) in [6.45, 7) is -0.625. The van der Waals surface area contributed by atoms with Gasteiger partial charge in [0.1, 0.15) is 0 Å². The standard InChI is InChI=1S/C6H12ClN3O4/c7-1-2-10(9-14)6(13)8-3-5(12)4-11/h5,11-12H,1-4H2,(H,8,13). The van der Waals surface area contributed by atoms with Gasteiger partial charge in [-0.05, 0) is 0 Å². The van der Waals surface area contributed by atoms with Gasteiger partial charge in [0.25, 0.3) is 0 Å². The smallest absolute Gasteiger partial charge is 0.340 e. The fourth-order valence-corrected chi connectivity index (χ4v) is 0.781. The van der Waals surface area contributed by atoms with E-state index in [1.807, 2.05) is 0 Å². The summed E-state index contributed by atoms with van der Waals surface area (Å²) in [4.78, 5) is 21.1. The van der Waals surface area contributed by atoms with E-state index in [-0.39, 0.29) is 19.0 Å². The molecule has 0 aromatic rings. The van der Waals surface area contributed by atoms with Crippen LogP contribution in [-0.2, 0) is 0 Å². The third kappa shape index (κ3) is 4.95. The number of halogens is 1. The Hall–Kier alpha value is -0.920. The summed E-state index contributed by atoms with van der Waals surface area (Å²) in [5.74, 6) is 0.0850. The van der Waals surface area contributed by atoms with E-state index in [0.29, 0.717) is 5.01 Å². The minimum absolute atomic E-state index is 0.00783. The molecule has 0 aliphatic rings. The van der Waals surface area contributed by atoms with Crippen molar-refractivity contribution in [2.24, 2.45) is 5.29 Å². The first-order valence-corrected chi connectivity index (χ1v) is 4.42. The number of aliphatic hydroxyl groups is 2. The summed E-state index contributed by atoms with van der Waals surface area (Å²) in [5.41, 5.74) is 0. The van der Waals surface area contributed by atoms with E-state index in [4.69, 9.17) is 21.8 Å². The lowest BCUT2D eigenvalue weighted by molar-refractivity contribution is 0.0941. The molecule has 0 aliphatic heterocycles. The Labute approximate surface area is 85.6 Å². The quantitative estimate of drug-likeness (QED) is 0.315. The van der Waals surface area contributed by atoms with Gasteiger partial charge in [-0.25, -0.2) is 4.79 Å². The van der Waals surface area contributed by atoms with E-state index in [2.05, 4.69) is 10.6 Å². The first kappa shape index (κ1) is 13.1.